The van der Waals surface area contributed by atoms with Crippen LogP contribution in [-0.2, 0) is 6.54 Å². The van der Waals surface area contributed by atoms with E-state index in [1.54, 1.807) is 19.1 Å². The van der Waals surface area contributed by atoms with E-state index in [4.69, 9.17) is 0 Å². The molecular weight excluding hydrogens is 344 g/mol. The summed E-state index contributed by atoms with van der Waals surface area (Å²) in [6.07, 6.45) is 0. The summed E-state index contributed by atoms with van der Waals surface area (Å²) in [5.74, 6) is -0.487. The highest BCUT2D eigenvalue weighted by Crippen LogP contribution is 2.27. The fraction of sp³-hybridized carbons (Fsp3) is 0.118. The quantitative estimate of drug-likeness (QED) is 0.917. The van der Waals surface area contributed by atoms with Crippen molar-refractivity contribution in [1.82, 2.24) is 10.3 Å². The van der Waals surface area contributed by atoms with Gasteiger partial charge in [0.2, 0.25) is 11.6 Å². The van der Waals surface area contributed by atoms with Gasteiger partial charge in [0.15, 0.2) is 0 Å². The number of rotatable bonds is 3. The SMILES string of the molecule is Cc1ccc2c(n1)C(=O)C(NCc1ccccc1)=C(Br)C2=O. The molecule has 0 fully saturated rings. The highest BCUT2D eigenvalue weighted by Gasteiger charge is 2.32. The van der Waals surface area contributed by atoms with Gasteiger partial charge in [0.25, 0.3) is 0 Å². The minimum atomic E-state index is -0.263. The Labute approximate surface area is 136 Å². The van der Waals surface area contributed by atoms with Gasteiger partial charge in [0.05, 0.1) is 10.0 Å². The Balaban J connectivity index is 1.92. The van der Waals surface area contributed by atoms with Gasteiger partial charge in [-0.05, 0) is 40.5 Å². The van der Waals surface area contributed by atoms with E-state index in [2.05, 4.69) is 26.2 Å². The number of pyridine rings is 1. The van der Waals surface area contributed by atoms with Crippen LogP contribution in [-0.4, -0.2) is 16.6 Å². The fourth-order valence-corrected chi connectivity index (χ4v) is 2.84. The van der Waals surface area contributed by atoms with Crippen LogP contribution in [0.5, 0.6) is 0 Å². The van der Waals surface area contributed by atoms with Crippen molar-refractivity contribution in [1.29, 1.82) is 0 Å². The van der Waals surface area contributed by atoms with Crippen LogP contribution in [0.4, 0.5) is 0 Å². The molecule has 0 saturated carbocycles. The van der Waals surface area contributed by atoms with Gasteiger partial charge in [-0.3, -0.25) is 9.59 Å². The van der Waals surface area contributed by atoms with Gasteiger partial charge in [-0.15, -0.1) is 0 Å². The van der Waals surface area contributed by atoms with Crippen molar-refractivity contribution in [3.63, 3.8) is 0 Å². The number of halogens is 1. The number of carbonyl (C=O) groups is 2. The lowest BCUT2D eigenvalue weighted by atomic mass is 9.96. The molecule has 1 heterocycles. The number of benzene rings is 1. The monoisotopic (exact) mass is 356 g/mol. The average Bonchev–Trinajstić information content (AvgIpc) is 2.53. The van der Waals surface area contributed by atoms with E-state index in [9.17, 15) is 9.59 Å². The molecule has 0 aliphatic heterocycles. The maximum absolute atomic E-state index is 12.6. The highest BCUT2D eigenvalue weighted by molar-refractivity contribution is 9.12. The predicted molar refractivity (Wildman–Crippen MR) is 86.9 cm³/mol. The van der Waals surface area contributed by atoms with E-state index in [1.165, 1.54) is 0 Å². The molecule has 0 spiro atoms. The van der Waals surface area contributed by atoms with Crippen LogP contribution in [0, 0.1) is 6.92 Å². The van der Waals surface area contributed by atoms with Crippen LogP contribution in [0.3, 0.4) is 0 Å². The maximum Gasteiger partial charge on any atom is 0.229 e. The van der Waals surface area contributed by atoms with Gasteiger partial charge in [-0.25, -0.2) is 4.98 Å². The summed E-state index contributed by atoms with van der Waals surface area (Å²) in [4.78, 5) is 29.2. The zero-order chi connectivity index (χ0) is 15.7. The second-order valence-corrected chi connectivity index (χ2v) is 5.83. The van der Waals surface area contributed by atoms with E-state index in [-0.39, 0.29) is 27.4 Å². The molecule has 0 saturated heterocycles. The molecule has 22 heavy (non-hydrogen) atoms. The topological polar surface area (TPSA) is 59.1 Å². The summed E-state index contributed by atoms with van der Waals surface area (Å²) in [6, 6.07) is 13.1. The minimum Gasteiger partial charge on any atom is -0.377 e. The standard InChI is InChI=1S/C17H13BrN2O2/c1-10-7-8-12-14(20-10)17(22)15(13(18)16(12)21)19-9-11-5-3-2-4-6-11/h2-8,19H,9H2,1H3. The first-order chi connectivity index (χ1) is 10.6. The summed E-state index contributed by atoms with van der Waals surface area (Å²) >= 11 is 3.24. The third-order valence-electron chi connectivity index (χ3n) is 3.45. The number of aromatic nitrogens is 1. The first-order valence-corrected chi connectivity index (χ1v) is 7.62. The normalized spacial score (nSPS) is 14.1. The predicted octanol–water partition coefficient (Wildman–Crippen LogP) is 3.17. The molecule has 0 amide bonds. The Morgan fingerprint density at radius 2 is 1.77 bits per heavy atom. The summed E-state index contributed by atoms with van der Waals surface area (Å²) in [7, 11) is 0. The van der Waals surface area contributed by atoms with E-state index >= 15 is 0 Å². The Morgan fingerprint density at radius 3 is 2.50 bits per heavy atom. The average molecular weight is 357 g/mol. The van der Waals surface area contributed by atoms with Gasteiger partial charge in [-0.2, -0.15) is 0 Å². The van der Waals surface area contributed by atoms with Crippen molar-refractivity contribution in [2.24, 2.45) is 0 Å². The second-order valence-electron chi connectivity index (χ2n) is 5.04. The third-order valence-corrected chi connectivity index (χ3v) is 4.21. The molecule has 0 radical (unpaired) electrons. The van der Waals surface area contributed by atoms with Crippen molar-refractivity contribution in [2.75, 3.05) is 0 Å². The molecule has 1 aromatic carbocycles. The summed E-state index contributed by atoms with van der Waals surface area (Å²) in [5, 5.41) is 3.05. The van der Waals surface area contributed by atoms with Gasteiger partial charge in [0, 0.05) is 12.2 Å². The van der Waals surface area contributed by atoms with Crippen LogP contribution in [0.2, 0.25) is 0 Å². The highest BCUT2D eigenvalue weighted by atomic mass is 79.9. The van der Waals surface area contributed by atoms with Crippen molar-refractivity contribution >= 4 is 27.5 Å². The van der Waals surface area contributed by atoms with Crippen molar-refractivity contribution in [3.05, 3.63) is 75.2 Å². The largest absolute Gasteiger partial charge is 0.377 e. The smallest absolute Gasteiger partial charge is 0.229 e. The molecule has 5 heteroatoms. The lowest BCUT2D eigenvalue weighted by Gasteiger charge is -2.18. The molecule has 110 valence electrons. The minimum absolute atomic E-state index is 0.212. The number of Topliss-reactive ketones (excluding diaryl/α,β-unsaturated/α-hetero) is 2. The lowest BCUT2D eigenvalue weighted by Crippen LogP contribution is -2.29. The molecule has 1 N–H and O–H groups in total. The number of carbonyl (C=O) groups excluding carboxylic acids is 2. The lowest BCUT2D eigenvalue weighted by molar-refractivity contribution is 0.0971. The summed E-state index contributed by atoms with van der Waals surface area (Å²) in [5.41, 5.74) is 2.55. The first kappa shape index (κ1) is 14.7. The Hall–Kier alpha value is -2.27. The second kappa shape index (κ2) is 5.85. The molecule has 1 aromatic heterocycles. The summed E-state index contributed by atoms with van der Waals surface area (Å²) < 4.78 is 0.256. The van der Waals surface area contributed by atoms with E-state index in [0.29, 0.717) is 17.8 Å². The van der Waals surface area contributed by atoms with E-state index in [0.717, 1.165) is 5.56 Å². The number of allylic oxidation sites excluding steroid dienone is 2. The number of hydrogen-bond donors (Lipinski definition) is 1. The van der Waals surface area contributed by atoms with Gasteiger partial charge < -0.3 is 5.32 Å². The van der Waals surface area contributed by atoms with Crippen LogP contribution in [0.15, 0.2) is 52.6 Å². The molecule has 0 bridgehead atoms. The number of ketones is 2. The van der Waals surface area contributed by atoms with Crippen LogP contribution in [0.25, 0.3) is 0 Å². The van der Waals surface area contributed by atoms with Gasteiger partial charge in [0.1, 0.15) is 11.4 Å². The number of fused-ring (bicyclic) bond motifs is 1. The molecule has 1 aliphatic carbocycles. The number of nitrogens with one attached hydrogen (secondary N) is 1. The van der Waals surface area contributed by atoms with Crippen molar-refractivity contribution in [3.8, 4) is 0 Å². The molecular formula is C17H13BrN2O2. The van der Waals surface area contributed by atoms with Gasteiger partial charge in [-0.1, -0.05) is 30.3 Å². The van der Waals surface area contributed by atoms with Crippen LogP contribution in [0.1, 0.15) is 32.1 Å². The van der Waals surface area contributed by atoms with Crippen LogP contribution < -0.4 is 5.32 Å². The Morgan fingerprint density at radius 1 is 1.05 bits per heavy atom. The molecule has 1 aliphatic rings. The van der Waals surface area contributed by atoms with Crippen molar-refractivity contribution < 1.29 is 9.59 Å². The number of nitrogens with zero attached hydrogens (tertiary/aromatic N) is 1. The zero-order valence-corrected chi connectivity index (χ0v) is 13.5. The Kier molecular flexibility index (Phi) is 3.90. The van der Waals surface area contributed by atoms with Crippen molar-refractivity contribution in [2.45, 2.75) is 13.5 Å². The molecule has 0 unspecified atom stereocenters. The summed E-state index contributed by atoms with van der Waals surface area (Å²) in [6.45, 7) is 2.26. The number of aryl methyl sites for hydroxylation is 1. The molecule has 4 nitrogen and oxygen atoms in total. The molecule has 2 aromatic rings. The third kappa shape index (κ3) is 2.60. The molecule has 3 rings (SSSR count). The van der Waals surface area contributed by atoms with Gasteiger partial charge >= 0.3 is 0 Å². The van der Waals surface area contributed by atoms with Crippen LogP contribution >= 0.6 is 15.9 Å². The number of hydrogen-bond acceptors (Lipinski definition) is 4. The van der Waals surface area contributed by atoms with E-state index in [1.807, 2.05) is 30.3 Å². The Bertz CT molecular complexity index is 798. The first-order valence-electron chi connectivity index (χ1n) is 6.82. The van der Waals surface area contributed by atoms with E-state index < -0.39 is 0 Å². The zero-order valence-electron chi connectivity index (χ0n) is 11.9. The maximum atomic E-state index is 12.6. The molecule has 0 atom stereocenters. The fourth-order valence-electron chi connectivity index (χ4n) is 2.31.